The second-order valence-electron chi connectivity index (χ2n) is 5.55. The van der Waals surface area contributed by atoms with Gasteiger partial charge >= 0.3 is 5.76 Å². The Bertz CT molecular complexity index is 566. The Morgan fingerprint density at radius 1 is 1.19 bits per heavy atom. The van der Waals surface area contributed by atoms with Gasteiger partial charge in [0.15, 0.2) is 0 Å². The number of aliphatic hydroxyl groups excluding tert-OH is 1. The van der Waals surface area contributed by atoms with Gasteiger partial charge in [0.1, 0.15) is 0 Å². The molecule has 0 saturated heterocycles. The molecule has 0 unspecified atom stereocenters. The molecule has 2 rings (SSSR count). The molecule has 1 aliphatic carbocycles. The standard InChI is InChI=1S/C14H19F2NO3S/c15-13(16)21(19,20)12-5-3-11(4-6-12)17-9-14(10-18)7-1-2-8-14/h3-6,13,17-18H,1-2,7-10H2. The van der Waals surface area contributed by atoms with Crippen molar-refractivity contribution >= 4 is 15.5 Å². The minimum absolute atomic E-state index is 0.109. The van der Waals surface area contributed by atoms with E-state index in [4.69, 9.17) is 0 Å². The first-order valence-corrected chi connectivity index (χ1v) is 8.41. The fourth-order valence-corrected chi connectivity index (χ4v) is 3.39. The third-order valence-electron chi connectivity index (χ3n) is 4.08. The zero-order chi connectivity index (χ0) is 15.5. The van der Waals surface area contributed by atoms with Crippen molar-refractivity contribution in [2.45, 2.75) is 36.3 Å². The van der Waals surface area contributed by atoms with Crippen LogP contribution in [0, 0.1) is 5.41 Å². The summed E-state index contributed by atoms with van der Waals surface area (Å²) in [6, 6.07) is 5.28. The van der Waals surface area contributed by atoms with Crippen molar-refractivity contribution in [1.29, 1.82) is 0 Å². The van der Waals surface area contributed by atoms with E-state index in [1.165, 1.54) is 24.3 Å². The van der Waals surface area contributed by atoms with E-state index in [2.05, 4.69) is 5.32 Å². The minimum Gasteiger partial charge on any atom is -0.396 e. The Balaban J connectivity index is 2.03. The second-order valence-corrected chi connectivity index (χ2v) is 7.47. The first-order valence-electron chi connectivity index (χ1n) is 6.86. The van der Waals surface area contributed by atoms with Gasteiger partial charge in [-0.1, -0.05) is 12.8 Å². The molecule has 0 heterocycles. The van der Waals surface area contributed by atoms with Crippen LogP contribution in [0.1, 0.15) is 25.7 Å². The Kier molecular flexibility index (Phi) is 4.83. The molecule has 1 aromatic rings. The maximum atomic E-state index is 12.4. The van der Waals surface area contributed by atoms with Gasteiger partial charge in [-0.25, -0.2) is 8.42 Å². The highest BCUT2D eigenvalue weighted by Crippen LogP contribution is 2.37. The van der Waals surface area contributed by atoms with E-state index in [-0.39, 0.29) is 16.9 Å². The predicted octanol–water partition coefficient (Wildman–Crippen LogP) is 2.65. The third kappa shape index (κ3) is 3.52. The number of anilines is 1. The van der Waals surface area contributed by atoms with Crippen molar-refractivity contribution in [3.63, 3.8) is 0 Å². The Morgan fingerprint density at radius 2 is 1.76 bits per heavy atom. The lowest BCUT2D eigenvalue weighted by Gasteiger charge is -2.27. The predicted molar refractivity (Wildman–Crippen MR) is 76.1 cm³/mol. The number of halogens is 2. The molecule has 0 bridgehead atoms. The quantitative estimate of drug-likeness (QED) is 0.846. The average Bonchev–Trinajstić information content (AvgIpc) is 2.95. The van der Waals surface area contributed by atoms with Crippen molar-refractivity contribution in [2.24, 2.45) is 5.41 Å². The number of hydrogen-bond donors (Lipinski definition) is 2. The van der Waals surface area contributed by atoms with Gasteiger partial charge < -0.3 is 10.4 Å². The molecule has 1 aromatic carbocycles. The molecule has 0 amide bonds. The summed E-state index contributed by atoms with van der Waals surface area (Å²) in [5.41, 5.74) is 0.524. The number of aliphatic hydroxyl groups is 1. The lowest BCUT2D eigenvalue weighted by atomic mass is 9.87. The molecular weight excluding hydrogens is 300 g/mol. The SMILES string of the molecule is O=S(=O)(c1ccc(NCC2(CO)CCCC2)cc1)C(F)F. The molecule has 0 aliphatic heterocycles. The molecule has 0 aromatic heterocycles. The number of hydrogen-bond acceptors (Lipinski definition) is 4. The van der Waals surface area contributed by atoms with Crippen LogP contribution in [-0.2, 0) is 9.84 Å². The van der Waals surface area contributed by atoms with Crippen LogP contribution in [0.15, 0.2) is 29.2 Å². The molecule has 2 N–H and O–H groups in total. The molecule has 1 saturated carbocycles. The summed E-state index contributed by atoms with van der Waals surface area (Å²) in [5, 5.41) is 12.6. The molecule has 0 spiro atoms. The summed E-state index contributed by atoms with van der Waals surface area (Å²) in [6.07, 6.45) is 4.09. The summed E-state index contributed by atoms with van der Waals surface area (Å²) < 4.78 is 47.4. The van der Waals surface area contributed by atoms with Crippen LogP contribution >= 0.6 is 0 Å². The fraction of sp³-hybridized carbons (Fsp3) is 0.571. The zero-order valence-corrected chi connectivity index (χ0v) is 12.4. The van der Waals surface area contributed by atoms with Gasteiger partial charge in [0.25, 0.3) is 0 Å². The molecular formula is C14H19F2NO3S. The van der Waals surface area contributed by atoms with Crippen LogP contribution in [0.5, 0.6) is 0 Å². The number of benzene rings is 1. The smallest absolute Gasteiger partial charge is 0.341 e. The van der Waals surface area contributed by atoms with Gasteiger partial charge in [0.2, 0.25) is 9.84 Å². The first-order chi connectivity index (χ1) is 9.89. The van der Waals surface area contributed by atoms with Gasteiger partial charge in [0, 0.05) is 17.6 Å². The van der Waals surface area contributed by atoms with Gasteiger partial charge in [-0.3, -0.25) is 0 Å². The monoisotopic (exact) mass is 319 g/mol. The second kappa shape index (κ2) is 6.27. The summed E-state index contributed by atoms with van der Waals surface area (Å²) in [5.74, 6) is -3.41. The number of rotatable bonds is 6. The molecule has 7 heteroatoms. The highest BCUT2D eigenvalue weighted by Gasteiger charge is 2.33. The lowest BCUT2D eigenvalue weighted by molar-refractivity contribution is 0.142. The van der Waals surface area contributed by atoms with E-state index in [0.717, 1.165) is 25.7 Å². The molecule has 4 nitrogen and oxygen atoms in total. The maximum absolute atomic E-state index is 12.4. The van der Waals surface area contributed by atoms with E-state index in [9.17, 15) is 22.3 Å². The Labute approximate surface area is 123 Å². The van der Waals surface area contributed by atoms with Gasteiger partial charge in [-0.15, -0.1) is 0 Å². The topological polar surface area (TPSA) is 66.4 Å². The Hall–Kier alpha value is -1.21. The average molecular weight is 319 g/mol. The van der Waals surface area contributed by atoms with E-state index in [0.29, 0.717) is 12.2 Å². The van der Waals surface area contributed by atoms with Crippen molar-refractivity contribution in [3.05, 3.63) is 24.3 Å². The molecule has 0 atom stereocenters. The van der Waals surface area contributed by atoms with Crippen molar-refractivity contribution in [1.82, 2.24) is 0 Å². The van der Waals surface area contributed by atoms with Crippen LogP contribution in [0.25, 0.3) is 0 Å². The molecule has 1 fully saturated rings. The minimum atomic E-state index is -4.54. The lowest BCUT2D eigenvalue weighted by Crippen LogP contribution is -2.30. The number of alkyl halides is 2. The number of sulfone groups is 1. The van der Waals surface area contributed by atoms with E-state index in [1.54, 1.807) is 0 Å². The van der Waals surface area contributed by atoms with Crippen LogP contribution in [-0.4, -0.2) is 32.4 Å². The van der Waals surface area contributed by atoms with Crippen LogP contribution in [0.2, 0.25) is 0 Å². The summed E-state index contributed by atoms with van der Waals surface area (Å²) in [6.45, 7) is 0.697. The van der Waals surface area contributed by atoms with E-state index in [1.807, 2.05) is 0 Å². The first kappa shape index (κ1) is 16.2. The van der Waals surface area contributed by atoms with Crippen LogP contribution < -0.4 is 5.32 Å². The normalized spacial score (nSPS) is 18.1. The summed E-state index contributed by atoms with van der Waals surface area (Å²) in [4.78, 5) is -0.388. The highest BCUT2D eigenvalue weighted by atomic mass is 32.2. The van der Waals surface area contributed by atoms with Gasteiger partial charge in [-0.2, -0.15) is 8.78 Å². The zero-order valence-electron chi connectivity index (χ0n) is 11.6. The van der Waals surface area contributed by atoms with E-state index < -0.39 is 15.6 Å². The maximum Gasteiger partial charge on any atom is 0.341 e. The van der Waals surface area contributed by atoms with Gasteiger partial charge in [0.05, 0.1) is 11.5 Å². The van der Waals surface area contributed by atoms with Crippen molar-refractivity contribution < 1.29 is 22.3 Å². The van der Waals surface area contributed by atoms with Crippen molar-refractivity contribution in [3.8, 4) is 0 Å². The van der Waals surface area contributed by atoms with Crippen LogP contribution in [0.4, 0.5) is 14.5 Å². The number of nitrogens with one attached hydrogen (secondary N) is 1. The molecule has 118 valence electrons. The van der Waals surface area contributed by atoms with Crippen LogP contribution in [0.3, 0.4) is 0 Å². The molecule has 1 aliphatic rings. The fourth-order valence-electron chi connectivity index (χ4n) is 2.67. The molecule has 0 radical (unpaired) electrons. The summed E-state index contributed by atoms with van der Waals surface area (Å²) >= 11 is 0. The highest BCUT2D eigenvalue weighted by molar-refractivity contribution is 7.91. The summed E-state index contributed by atoms with van der Waals surface area (Å²) in [7, 11) is -4.54. The van der Waals surface area contributed by atoms with E-state index >= 15 is 0 Å². The molecule has 21 heavy (non-hydrogen) atoms. The third-order valence-corrected chi connectivity index (χ3v) is 5.48. The van der Waals surface area contributed by atoms with Gasteiger partial charge in [-0.05, 0) is 37.1 Å². The largest absolute Gasteiger partial charge is 0.396 e. The van der Waals surface area contributed by atoms with Crippen molar-refractivity contribution in [2.75, 3.05) is 18.5 Å². The Morgan fingerprint density at radius 3 is 2.24 bits per heavy atom.